The van der Waals surface area contributed by atoms with Crippen LogP contribution in [0, 0.1) is 12.7 Å². The number of carbonyl (C=O) groups excluding carboxylic acids is 1. The van der Waals surface area contributed by atoms with Gasteiger partial charge in [0, 0.05) is 37.3 Å². The first-order chi connectivity index (χ1) is 12.1. The number of fused-ring (bicyclic) bond motifs is 1. The molecule has 0 atom stereocenters. The largest absolute Gasteiger partial charge is 0.451 e. The average Bonchev–Trinajstić information content (AvgIpc) is 3.08. The number of anilines is 1. The Labute approximate surface area is 145 Å². The minimum Gasteiger partial charge on any atom is -0.451 e. The molecule has 4 rings (SSSR count). The van der Waals surface area contributed by atoms with Crippen molar-refractivity contribution in [3.8, 4) is 0 Å². The zero-order valence-corrected chi connectivity index (χ0v) is 14.0. The number of piperazine rings is 1. The Morgan fingerprint density at radius 3 is 2.44 bits per heavy atom. The molecule has 1 fully saturated rings. The van der Waals surface area contributed by atoms with Gasteiger partial charge in [-0.25, -0.2) is 4.39 Å². The van der Waals surface area contributed by atoms with Gasteiger partial charge in [-0.1, -0.05) is 18.2 Å². The molecule has 0 unspecified atom stereocenters. The van der Waals surface area contributed by atoms with Crippen molar-refractivity contribution in [3.63, 3.8) is 0 Å². The second kappa shape index (κ2) is 6.24. The second-order valence-corrected chi connectivity index (χ2v) is 6.36. The lowest BCUT2D eigenvalue weighted by atomic mass is 10.2. The first-order valence-electron chi connectivity index (χ1n) is 8.41. The highest BCUT2D eigenvalue weighted by atomic mass is 19.1. The number of halogens is 1. The number of furan rings is 1. The molecule has 0 bridgehead atoms. The van der Waals surface area contributed by atoms with Gasteiger partial charge in [-0.05, 0) is 42.8 Å². The van der Waals surface area contributed by atoms with Crippen molar-refractivity contribution < 1.29 is 13.6 Å². The van der Waals surface area contributed by atoms with Crippen molar-refractivity contribution in [2.75, 3.05) is 31.1 Å². The van der Waals surface area contributed by atoms with Crippen molar-refractivity contribution >= 4 is 22.6 Å². The third-order valence-corrected chi connectivity index (χ3v) is 4.71. The highest BCUT2D eigenvalue weighted by Gasteiger charge is 2.25. The molecule has 0 aliphatic carbocycles. The summed E-state index contributed by atoms with van der Waals surface area (Å²) in [6, 6.07) is 14.2. The predicted octanol–water partition coefficient (Wildman–Crippen LogP) is 3.84. The number of nitrogens with zero attached hydrogens (tertiary/aromatic N) is 2. The molecule has 0 N–H and O–H groups in total. The Morgan fingerprint density at radius 2 is 1.76 bits per heavy atom. The Morgan fingerprint density at radius 1 is 1.04 bits per heavy atom. The lowest BCUT2D eigenvalue weighted by Crippen LogP contribution is -2.48. The van der Waals surface area contributed by atoms with Gasteiger partial charge in [-0.15, -0.1) is 0 Å². The number of aryl methyl sites for hydroxylation is 1. The van der Waals surface area contributed by atoms with Gasteiger partial charge < -0.3 is 14.2 Å². The number of carbonyl (C=O) groups is 1. The van der Waals surface area contributed by atoms with Crippen molar-refractivity contribution in [2.24, 2.45) is 0 Å². The molecule has 1 amide bonds. The third kappa shape index (κ3) is 2.97. The maximum atomic E-state index is 13.0. The van der Waals surface area contributed by atoms with E-state index in [1.54, 1.807) is 12.1 Å². The van der Waals surface area contributed by atoms with Crippen LogP contribution in [0.1, 0.15) is 16.1 Å². The topological polar surface area (TPSA) is 36.7 Å². The first-order valence-corrected chi connectivity index (χ1v) is 8.41. The van der Waals surface area contributed by atoms with Gasteiger partial charge in [0.1, 0.15) is 11.4 Å². The Bertz CT molecular complexity index is 909. The number of benzene rings is 2. The van der Waals surface area contributed by atoms with Crippen LogP contribution in [0.15, 0.2) is 52.9 Å². The summed E-state index contributed by atoms with van der Waals surface area (Å²) in [5, 5.41) is 0.952. The van der Waals surface area contributed by atoms with Gasteiger partial charge in [-0.3, -0.25) is 4.79 Å². The molecule has 2 aromatic carbocycles. The number of amides is 1. The van der Waals surface area contributed by atoms with Crippen molar-refractivity contribution in [2.45, 2.75) is 6.92 Å². The monoisotopic (exact) mass is 338 g/mol. The molecular formula is C20H19FN2O2. The minimum atomic E-state index is -0.238. The minimum absolute atomic E-state index is 0.0747. The molecule has 1 saturated heterocycles. The van der Waals surface area contributed by atoms with Gasteiger partial charge in [0.05, 0.1) is 0 Å². The average molecular weight is 338 g/mol. The molecule has 5 heteroatoms. The van der Waals surface area contributed by atoms with E-state index in [-0.39, 0.29) is 11.7 Å². The standard InChI is InChI=1S/C20H19FN2O2/c1-14-3-2-4-15-13-18(25-19(14)15)20(24)23-11-9-22(10-12-23)17-7-5-16(21)6-8-17/h2-8,13H,9-12H2,1H3. The zero-order chi connectivity index (χ0) is 17.4. The molecule has 0 radical (unpaired) electrons. The van der Waals surface area contributed by atoms with Gasteiger partial charge >= 0.3 is 0 Å². The van der Waals surface area contributed by atoms with E-state index in [2.05, 4.69) is 4.90 Å². The number of hydrogen-bond acceptors (Lipinski definition) is 3. The van der Waals surface area contributed by atoms with Crippen LogP contribution in [0.5, 0.6) is 0 Å². The van der Waals surface area contributed by atoms with Crippen molar-refractivity contribution in [1.29, 1.82) is 0 Å². The molecule has 25 heavy (non-hydrogen) atoms. The maximum absolute atomic E-state index is 13.0. The Hall–Kier alpha value is -2.82. The van der Waals surface area contributed by atoms with Crippen LogP contribution in [0.4, 0.5) is 10.1 Å². The van der Waals surface area contributed by atoms with E-state index in [4.69, 9.17) is 4.42 Å². The number of para-hydroxylation sites is 1. The molecule has 2 heterocycles. The lowest BCUT2D eigenvalue weighted by molar-refractivity contribution is 0.0717. The third-order valence-electron chi connectivity index (χ3n) is 4.71. The van der Waals surface area contributed by atoms with E-state index in [1.165, 1.54) is 12.1 Å². The van der Waals surface area contributed by atoms with Crippen LogP contribution >= 0.6 is 0 Å². The number of rotatable bonds is 2. The van der Waals surface area contributed by atoms with Crippen LogP contribution < -0.4 is 4.90 Å². The quantitative estimate of drug-likeness (QED) is 0.712. The summed E-state index contributed by atoms with van der Waals surface area (Å²) in [6.45, 7) is 4.65. The molecule has 0 saturated carbocycles. The molecule has 128 valence electrons. The van der Waals surface area contributed by atoms with Crippen LogP contribution in [0.25, 0.3) is 11.0 Å². The fourth-order valence-electron chi connectivity index (χ4n) is 3.29. The van der Waals surface area contributed by atoms with Crippen LogP contribution in [-0.2, 0) is 0 Å². The Kier molecular flexibility index (Phi) is 3.92. The fraction of sp³-hybridized carbons (Fsp3) is 0.250. The van der Waals surface area contributed by atoms with E-state index in [1.807, 2.05) is 36.1 Å². The normalized spacial score (nSPS) is 15.0. The fourth-order valence-corrected chi connectivity index (χ4v) is 3.29. The summed E-state index contributed by atoms with van der Waals surface area (Å²) in [7, 11) is 0. The maximum Gasteiger partial charge on any atom is 0.289 e. The molecule has 4 nitrogen and oxygen atoms in total. The van der Waals surface area contributed by atoms with Crippen molar-refractivity contribution in [3.05, 3.63) is 65.7 Å². The summed E-state index contributed by atoms with van der Waals surface area (Å²) in [6.07, 6.45) is 0. The predicted molar refractivity (Wildman–Crippen MR) is 95.5 cm³/mol. The first kappa shape index (κ1) is 15.7. The van der Waals surface area contributed by atoms with E-state index in [9.17, 15) is 9.18 Å². The van der Waals surface area contributed by atoms with Gasteiger partial charge in [-0.2, -0.15) is 0 Å². The Balaban J connectivity index is 1.47. The van der Waals surface area contributed by atoms with Crippen LogP contribution in [-0.4, -0.2) is 37.0 Å². The molecule has 1 aliphatic rings. The van der Waals surface area contributed by atoms with Crippen molar-refractivity contribution in [1.82, 2.24) is 4.90 Å². The molecule has 1 aromatic heterocycles. The molecule has 0 spiro atoms. The summed E-state index contributed by atoms with van der Waals surface area (Å²) >= 11 is 0. The molecular weight excluding hydrogens is 319 g/mol. The summed E-state index contributed by atoms with van der Waals surface area (Å²) < 4.78 is 18.8. The van der Waals surface area contributed by atoms with E-state index < -0.39 is 0 Å². The lowest BCUT2D eigenvalue weighted by Gasteiger charge is -2.35. The zero-order valence-electron chi connectivity index (χ0n) is 14.0. The van der Waals surface area contributed by atoms with Gasteiger partial charge in [0.2, 0.25) is 0 Å². The van der Waals surface area contributed by atoms with Gasteiger partial charge in [0.15, 0.2) is 5.76 Å². The number of hydrogen-bond donors (Lipinski definition) is 0. The molecule has 3 aromatic rings. The van der Waals surface area contributed by atoms with E-state index >= 15 is 0 Å². The SMILES string of the molecule is Cc1cccc2cc(C(=O)N3CCN(c4ccc(F)cc4)CC3)oc12. The van der Waals surface area contributed by atoms with E-state index in [0.29, 0.717) is 18.8 Å². The summed E-state index contributed by atoms with van der Waals surface area (Å²) in [4.78, 5) is 16.7. The highest BCUT2D eigenvalue weighted by Crippen LogP contribution is 2.24. The van der Waals surface area contributed by atoms with Crippen LogP contribution in [0.3, 0.4) is 0 Å². The van der Waals surface area contributed by atoms with Crippen LogP contribution in [0.2, 0.25) is 0 Å². The molecule has 1 aliphatic heterocycles. The smallest absolute Gasteiger partial charge is 0.289 e. The summed E-state index contributed by atoms with van der Waals surface area (Å²) in [5.74, 6) is 0.0756. The van der Waals surface area contributed by atoms with Gasteiger partial charge in [0.25, 0.3) is 5.91 Å². The second-order valence-electron chi connectivity index (χ2n) is 6.36. The highest BCUT2D eigenvalue weighted by molar-refractivity contribution is 5.96. The van der Waals surface area contributed by atoms with E-state index in [0.717, 1.165) is 35.3 Å². The summed E-state index contributed by atoms with van der Waals surface area (Å²) in [5.41, 5.74) is 2.78.